The lowest BCUT2D eigenvalue weighted by molar-refractivity contribution is 0.0594. The average molecular weight is 326 g/mol. The minimum absolute atomic E-state index is 0.221. The van der Waals surface area contributed by atoms with Crippen LogP contribution in [-0.2, 0) is 16.1 Å². The van der Waals surface area contributed by atoms with Gasteiger partial charge in [-0.05, 0) is 23.8 Å². The van der Waals surface area contributed by atoms with E-state index in [1.165, 1.54) is 7.11 Å². The van der Waals surface area contributed by atoms with Gasteiger partial charge in [0.1, 0.15) is 12.3 Å². The van der Waals surface area contributed by atoms with Crippen molar-refractivity contribution in [2.24, 2.45) is 0 Å². The van der Waals surface area contributed by atoms with Crippen LogP contribution in [0.1, 0.15) is 21.7 Å². The summed E-state index contributed by atoms with van der Waals surface area (Å²) in [7, 11) is 1.30. The quantitative estimate of drug-likeness (QED) is 0.826. The van der Waals surface area contributed by atoms with Crippen molar-refractivity contribution < 1.29 is 19.1 Å². The summed E-state index contributed by atoms with van der Waals surface area (Å²) in [5, 5.41) is 2.60. The predicted molar refractivity (Wildman–Crippen MR) is 89.2 cm³/mol. The summed E-state index contributed by atoms with van der Waals surface area (Å²) in [6.45, 7) is 0.511. The van der Waals surface area contributed by atoms with Crippen LogP contribution in [0.4, 0.5) is 4.79 Å². The van der Waals surface area contributed by atoms with Gasteiger partial charge < -0.3 is 14.8 Å². The lowest BCUT2D eigenvalue weighted by atomic mass is 10.2. The van der Waals surface area contributed by atoms with Crippen LogP contribution in [0.5, 0.6) is 0 Å². The lowest BCUT2D eigenvalue weighted by Gasteiger charge is -2.05. The molecule has 0 aliphatic rings. The number of nitrogens with one attached hydrogen (secondary N) is 1. The van der Waals surface area contributed by atoms with E-state index in [0.29, 0.717) is 5.69 Å². The molecule has 0 fully saturated rings. The summed E-state index contributed by atoms with van der Waals surface area (Å²) < 4.78 is 9.70. The zero-order valence-corrected chi connectivity index (χ0v) is 13.3. The smallest absolute Gasteiger partial charge is 0.407 e. The first-order valence-corrected chi connectivity index (χ1v) is 7.35. The summed E-state index contributed by atoms with van der Waals surface area (Å²) in [4.78, 5) is 27.1. The lowest BCUT2D eigenvalue weighted by Crippen LogP contribution is -2.24. The Morgan fingerprint density at radius 2 is 1.92 bits per heavy atom. The van der Waals surface area contributed by atoms with Gasteiger partial charge >= 0.3 is 12.1 Å². The van der Waals surface area contributed by atoms with Gasteiger partial charge in [-0.3, -0.25) is 0 Å². The number of rotatable bonds is 6. The Bertz CT molecular complexity index is 714. The number of carbonyl (C=O) groups is 2. The molecule has 1 amide bonds. The standard InChI is InChI=1S/C18H18N2O4/c1-23-17(21)16-11-5-9-15(20-16)10-6-12-19-18(22)24-13-14-7-3-2-4-8-14/h2-11H,12-13H2,1H3,(H,19,22). The fourth-order valence-electron chi connectivity index (χ4n) is 1.86. The summed E-state index contributed by atoms with van der Waals surface area (Å²) in [6.07, 6.45) is 2.91. The van der Waals surface area contributed by atoms with E-state index in [0.717, 1.165) is 5.56 Å². The summed E-state index contributed by atoms with van der Waals surface area (Å²) in [6, 6.07) is 14.5. The number of amides is 1. The van der Waals surface area contributed by atoms with E-state index in [4.69, 9.17) is 4.74 Å². The SMILES string of the molecule is COC(=O)c1cccc(C=CCNC(=O)OCc2ccccc2)n1. The molecule has 1 aromatic carbocycles. The third-order valence-corrected chi connectivity index (χ3v) is 3.03. The van der Waals surface area contributed by atoms with E-state index in [1.807, 2.05) is 30.3 Å². The topological polar surface area (TPSA) is 77.5 Å². The van der Waals surface area contributed by atoms with Gasteiger partial charge in [-0.1, -0.05) is 42.5 Å². The zero-order chi connectivity index (χ0) is 17.2. The van der Waals surface area contributed by atoms with Crippen LogP contribution < -0.4 is 5.32 Å². The molecule has 1 N–H and O–H groups in total. The van der Waals surface area contributed by atoms with Crippen LogP contribution in [0, 0.1) is 0 Å². The molecular formula is C18H18N2O4. The Hall–Kier alpha value is -3.15. The first-order chi connectivity index (χ1) is 11.7. The molecule has 1 aromatic heterocycles. The summed E-state index contributed by atoms with van der Waals surface area (Å²) >= 11 is 0. The highest BCUT2D eigenvalue weighted by Crippen LogP contribution is 2.03. The molecule has 2 aromatic rings. The molecule has 0 atom stereocenters. The fraction of sp³-hybridized carbons (Fsp3) is 0.167. The van der Waals surface area contributed by atoms with Gasteiger partial charge in [-0.25, -0.2) is 14.6 Å². The maximum Gasteiger partial charge on any atom is 0.407 e. The number of methoxy groups -OCH3 is 1. The van der Waals surface area contributed by atoms with Crippen molar-refractivity contribution in [1.82, 2.24) is 10.3 Å². The van der Waals surface area contributed by atoms with Crippen LogP contribution in [-0.4, -0.2) is 30.7 Å². The van der Waals surface area contributed by atoms with Crippen LogP contribution >= 0.6 is 0 Å². The molecule has 0 bridgehead atoms. The van der Waals surface area contributed by atoms with E-state index in [2.05, 4.69) is 15.0 Å². The van der Waals surface area contributed by atoms with Crippen LogP contribution in [0.2, 0.25) is 0 Å². The highest BCUT2D eigenvalue weighted by molar-refractivity contribution is 5.87. The molecule has 0 radical (unpaired) electrons. The molecule has 0 saturated carbocycles. The summed E-state index contributed by atoms with van der Waals surface area (Å²) in [5.41, 5.74) is 1.75. The molecule has 0 saturated heterocycles. The van der Waals surface area contributed by atoms with Crippen molar-refractivity contribution in [3.05, 3.63) is 71.6 Å². The summed E-state index contributed by atoms with van der Waals surface area (Å²) in [5.74, 6) is -0.493. The highest BCUT2D eigenvalue weighted by atomic mass is 16.5. The van der Waals surface area contributed by atoms with Crippen molar-refractivity contribution in [1.29, 1.82) is 0 Å². The third-order valence-electron chi connectivity index (χ3n) is 3.03. The Morgan fingerprint density at radius 1 is 1.12 bits per heavy atom. The van der Waals surface area contributed by atoms with Crippen molar-refractivity contribution in [3.63, 3.8) is 0 Å². The van der Waals surface area contributed by atoms with E-state index in [1.54, 1.807) is 30.4 Å². The second-order valence-electron chi connectivity index (χ2n) is 4.78. The number of benzene rings is 1. The Balaban J connectivity index is 1.76. The van der Waals surface area contributed by atoms with Crippen LogP contribution in [0.3, 0.4) is 0 Å². The minimum Gasteiger partial charge on any atom is -0.464 e. The first-order valence-electron chi connectivity index (χ1n) is 7.35. The number of ether oxygens (including phenoxy) is 2. The fourth-order valence-corrected chi connectivity index (χ4v) is 1.86. The van der Waals surface area contributed by atoms with Crippen molar-refractivity contribution in [3.8, 4) is 0 Å². The van der Waals surface area contributed by atoms with Crippen molar-refractivity contribution in [2.45, 2.75) is 6.61 Å². The number of nitrogens with zero attached hydrogens (tertiary/aromatic N) is 1. The van der Waals surface area contributed by atoms with Gasteiger partial charge in [0, 0.05) is 6.54 Å². The van der Waals surface area contributed by atoms with Gasteiger partial charge in [-0.2, -0.15) is 0 Å². The molecule has 124 valence electrons. The third kappa shape index (κ3) is 5.57. The van der Waals surface area contributed by atoms with E-state index >= 15 is 0 Å². The van der Waals surface area contributed by atoms with Crippen molar-refractivity contribution in [2.75, 3.05) is 13.7 Å². The minimum atomic E-state index is -0.500. The second-order valence-corrected chi connectivity index (χ2v) is 4.78. The monoisotopic (exact) mass is 326 g/mol. The molecular weight excluding hydrogens is 308 g/mol. The number of alkyl carbamates (subject to hydrolysis) is 1. The number of hydrogen-bond acceptors (Lipinski definition) is 5. The van der Waals surface area contributed by atoms with Gasteiger partial charge in [-0.15, -0.1) is 0 Å². The maximum atomic E-state index is 11.6. The molecule has 0 aliphatic carbocycles. The van der Waals surface area contributed by atoms with Gasteiger partial charge in [0.05, 0.1) is 12.8 Å². The molecule has 6 heteroatoms. The Kier molecular flexibility index (Phi) is 6.52. The van der Waals surface area contributed by atoms with Gasteiger partial charge in [0.15, 0.2) is 0 Å². The molecule has 2 rings (SSSR count). The predicted octanol–water partition coefficient (Wildman–Crippen LogP) is 2.81. The van der Waals surface area contributed by atoms with E-state index < -0.39 is 12.1 Å². The Labute approximate surface area is 140 Å². The van der Waals surface area contributed by atoms with E-state index in [9.17, 15) is 9.59 Å². The number of pyridine rings is 1. The van der Waals surface area contributed by atoms with Crippen LogP contribution in [0.15, 0.2) is 54.6 Å². The molecule has 0 unspecified atom stereocenters. The molecule has 0 spiro atoms. The number of hydrogen-bond donors (Lipinski definition) is 1. The average Bonchev–Trinajstić information content (AvgIpc) is 2.64. The number of carbonyl (C=O) groups excluding carboxylic acids is 2. The van der Waals surface area contributed by atoms with Crippen molar-refractivity contribution >= 4 is 18.1 Å². The molecule has 6 nitrogen and oxygen atoms in total. The highest BCUT2D eigenvalue weighted by Gasteiger charge is 2.06. The largest absolute Gasteiger partial charge is 0.464 e. The normalized spacial score (nSPS) is 10.4. The van der Waals surface area contributed by atoms with Crippen LogP contribution in [0.25, 0.3) is 6.08 Å². The Morgan fingerprint density at radius 3 is 2.67 bits per heavy atom. The zero-order valence-electron chi connectivity index (χ0n) is 13.3. The molecule has 1 heterocycles. The van der Waals surface area contributed by atoms with Gasteiger partial charge in [0.2, 0.25) is 0 Å². The number of esters is 1. The second kappa shape index (κ2) is 9.09. The van der Waals surface area contributed by atoms with E-state index in [-0.39, 0.29) is 18.8 Å². The van der Waals surface area contributed by atoms with Gasteiger partial charge in [0.25, 0.3) is 0 Å². The molecule has 0 aliphatic heterocycles. The number of aromatic nitrogens is 1. The molecule has 24 heavy (non-hydrogen) atoms. The first kappa shape index (κ1) is 17.2. The maximum absolute atomic E-state index is 11.6.